The van der Waals surface area contributed by atoms with E-state index in [2.05, 4.69) is 13.2 Å². The maximum absolute atomic E-state index is 10.8. The molecule has 0 saturated heterocycles. The highest BCUT2D eigenvalue weighted by atomic mass is 16.4. The summed E-state index contributed by atoms with van der Waals surface area (Å²) < 4.78 is 4.99. The number of aryl methyl sites for hydroxylation is 1. The van der Waals surface area contributed by atoms with Crippen LogP contribution in [-0.2, 0) is 14.4 Å². The van der Waals surface area contributed by atoms with Gasteiger partial charge in [-0.3, -0.25) is 14.4 Å². The summed E-state index contributed by atoms with van der Waals surface area (Å²) in [7, 11) is 0. The van der Waals surface area contributed by atoms with Gasteiger partial charge in [-0.05, 0) is 75.6 Å². The smallest absolute Gasteiger partial charge is 0.336 e. The van der Waals surface area contributed by atoms with E-state index in [1.807, 2.05) is 61.5 Å². The van der Waals surface area contributed by atoms with Crippen molar-refractivity contribution in [1.82, 2.24) is 0 Å². The minimum atomic E-state index is -0.298. The fourth-order valence-corrected chi connectivity index (χ4v) is 1.95. The molecular weight excluding hydrogens is 428 g/mol. The van der Waals surface area contributed by atoms with Crippen molar-refractivity contribution in [1.29, 1.82) is 0 Å². The van der Waals surface area contributed by atoms with Crippen molar-refractivity contribution in [3.05, 3.63) is 113 Å². The Morgan fingerprint density at radius 1 is 0.853 bits per heavy atom. The fourth-order valence-electron chi connectivity index (χ4n) is 1.95. The first-order valence-electron chi connectivity index (χ1n) is 10.5. The van der Waals surface area contributed by atoms with Gasteiger partial charge in [0.1, 0.15) is 5.58 Å². The number of ketones is 3. The van der Waals surface area contributed by atoms with E-state index in [-0.39, 0.29) is 23.0 Å². The maximum Gasteiger partial charge on any atom is 0.336 e. The largest absolute Gasteiger partial charge is 0.423 e. The average molecular weight is 461 g/mol. The lowest BCUT2D eigenvalue weighted by Crippen LogP contribution is -1.93. The summed E-state index contributed by atoms with van der Waals surface area (Å²) in [5, 5.41) is 0.959. The summed E-state index contributed by atoms with van der Waals surface area (Å²) in [4.78, 5) is 41.1. The predicted molar refractivity (Wildman–Crippen MR) is 140 cm³/mol. The number of rotatable bonds is 4. The van der Waals surface area contributed by atoms with Gasteiger partial charge in [0.25, 0.3) is 0 Å². The average Bonchev–Trinajstić information content (AvgIpc) is 2.79. The van der Waals surface area contributed by atoms with Crippen molar-refractivity contribution in [2.45, 2.75) is 34.6 Å². The first kappa shape index (κ1) is 29.9. The van der Waals surface area contributed by atoms with Crippen LogP contribution in [0.1, 0.15) is 38.8 Å². The number of Topliss-reactive ketones (excluding diaryl/α,β-unsaturated/α-hetero) is 1. The van der Waals surface area contributed by atoms with Gasteiger partial charge in [0.15, 0.2) is 17.3 Å². The lowest BCUT2D eigenvalue weighted by molar-refractivity contribution is -0.114. The molecule has 0 bridgehead atoms. The van der Waals surface area contributed by atoms with Crippen molar-refractivity contribution < 1.29 is 18.8 Å². The molecule has 0 amide bonds. The number of carbonyl (C=O) groups is 3. The van der Waals surface area contributed by atoms with Crippen LogP contribution in [0.25, 0.3) is 17.0 Å². The zero-order valence-corrected chi connectivity index (χ0v) is 20.5. The molecule has 2 aromatic carbocycles. The number of benzene rings is 2. The van der Waals surface area contributed by atoms with Gasteiger partial charge in [-0.15, -0.1) is 0 Å². The molecule has 0 spiro atoms. The summed E-state index contributed by atoms with van der Waals surface area (Å²) in [5.41, 5.74) is 3.13. The highest BCUT2D eigenvalue weighted by Gasteiger charge is 1.95. The molecule has 0 aliphatic carbocycles. The fraction of sp³-hybridized carbons (Fsp3) is 0.172. The number of hydrogen-bond donors (Lipinski definition) is 0. The Morgan fingerprint density at radius 2 is 1.38 bits per heavy atom. The Kier molecular flexibility index (Phi) is 14.5. The predicted octanol–water partition coefficient (Wildman–Crippen LogP) is 6.30. The number of fused-ring (bicyclic) bond motifs is 1. The Hall–Kier alpha value is -4.12. The van der Waals surface area contributed by atoms with Crippen LogP contribution in [0.3, 0.4) is 0 Å². The van der Waals surface area contributed by atoms with Crippen molar-refractivity contribution in [2.24, 2.45) is 0 Å². The molecular formula is C29H32O5. The summed E-state index contributed by atoms with van der Waals surface area (Å²) in [6, 6.07) is 18.7. The molecule has 5 heteroatoms. The van der Waals surface area contributed by atoms with Crippen molar-refractivity contribution in [3.63, 3.8) is 0 Å². The van der Waals surface area contributed by atoms with E-state index < -0.39 is 0 Å². The van der Waals surface area contributed by atoms with E-state index in [4.69, 9.17) is 4.42 Å². The molecule has 0 aliphatic heterocycles. The monoisotopic (exact) mass is 460 g/mol. The van der Waals surface area contributed by atoms with Gasteiger partial charge >= 0.3 is 5.63 Å². The minimum Gasteiger partial charge on any atom is -0.423 e. The number of hydrogen-bond acceptors (Lipinski definition) is 5. The summed E-state index contributed by atoms with van der Waals surface area (Å²) in [5.74, 6) is 0.161. The minimum absolute atomic E-state index is 0.0185. The first-order valence-corrected chi connectivity index (χ1v) is 10.5. The van der Waals surface area contributed by atoms with Crippen LogP contribution in [0.2, 0.25) is 0 Å². The third-order valence-electron chi connectivity index (χ3n) is 3.98. The molecule has 0 saturated carbocycles. The second kappa shape index (κ2) is 16.5. The molecule has 3 rings (SSSR count). The van der Waals surface area contributed by atoms with Gasteiger partial charge in [-0.1, -0.05) is 61.7 Å². The van der Waals surface area contributed by atoms with E-state index in [0.717, 1.165) is 16.5 Å². The zero-order valence-electron chi connectivity index (χ0n) is 20.5. The molecule has 3 aromatic rings. The molecule has 34 heavy (non-hydrogen) atoms. The Morgan fingerprint density at radius 3 is 1.85 bits per heavy atom. The Labute approximate surface area is 201 Å². The second-order valence-corrected chi connectivity index (χ2v) is 7.30. The lowest BCUT2D eigenvalue weighted by Gasteiger charge is -1.95. The molecule has 0 aliphatic rings. The van der Waals surface area contributed by atoms with E-state index in [0.29, 0.717) is 11.2 Å². The van der Waals surface area contributed by atoms with E-state index in [1.54, 1.807) is 26.0 Å². The van der Waals surface area contributed by atoms with Crippen LogP contribution in [0, 0.1) is 6.92 Å². The Balaban J connectivity index is 0.000000457. The highest BCUT2D eigenvalue weighted by molar-refractivity contribution is 5.92. The molecule has 5 nitrogen and oxygen atoms in total. The van der Waals surface area contributed by atoms with E-state index in [9.17, 15) is 19.2 Å². The van der Waals surface area contributed by atoms with Gasteiger partial charge in [-0.25, -0.2) is 4.79 Å². The van der Waals surface area contributed by atoms with Crippen molar-refractivity contribution in [2.75, 3.05) is 0 Å². The number of allylic oxidation sites excluding steroid dienone is 3. The van der Waals surface area contributed by atoms with Crippen LogP contribution in [-0.4, -0.2) is 17.3 Å². The van der Waals surface area contributed by atoms with Gasteiger partial charge in [0.2, 0.25) is 0 Å². The van der Waals surface area contributed by atoms with Gasteiger partial charge < -0.3 is 4.42 Å². The van der Waals surface area contributed by atoms with Crippen LogP contribution in [0.5, 0.6) is 0 Å². The van der Waals surface area contributed by atoms with E-state index >= 15 is 0 Å². The molecule has 1 aromatic heterocycles. The number of carbonyl (C=O) groups excluding carboxylic acids is 3. The molecule has 178 valence electrons. The van der Waals surface area contributed by atoms with Crippen LogP contribution < -0.4 is 5.63 Å². The molecule has 0 atom stereocenters. The molecule has 0 radical (unpaired) electrons. The van der Waals surface area contributed by atoms with Crippen LogP contribution >= 0.6 is 0 Å². The van der Waals surface area contributed by atoms with Crippen LogP contribution in [0.15, 0.2) is 101 Å². The highest BCUT2D eigenvalue weighted by Crippen LogP contribution is 2.12. The first-order chi connectivity index (χ1) is 16.0. The third-order valence-corrected chi connectivity index (χ3v) is 3.98. The third kappa shape index (κ3) is 14.8. The standard InChI is InChI=1S/C10H8O2.C10H10O.C5H8O.C4H6O/c1-7-2-3-8-4-5-10(11)12-9(8)6-7;1-9(11)7-8-10-5-3-2-4-6-10;1-4(2)5(3)6;1-3-4(2)5/h2-6H,1H3;2-8H,1H3;1H2,2-3H3;3H,1H2,2H3/b;8-7+;;. The summed E-state index contributed by atoms with van der Waals surface area (Å²) in [6.07, 6.45) is 4.65. The SMILES string of the molecule is C=C(C)C(C)=O.C=CC(C)=O.CC(=O)/C=C/c1ccccc1.Cc1ccc2ccc(=O)oc2c1. The van der Waals surface area contributed by atoms with Gasteiger partial charge in [0, 0.05) is 11.5 Å². The molecule has 0 fully saturated rings. The van der Waals surface area contributed by atoms with E-state index in [1.165, 1.54) is 26.0 Å². The van der Waals surface area contributed by atoms with Crippen molar-refractivity contribution in [3.8, 4) is 0 Å². The molecule has 1 heterocycles. The maximum atomic E-state index is 10.8. The second-order valence-electron chi connectivity index (χ2n) is 7.30. The van der Waals surface area contributed by atoms with Crippen LogP contribution in [0.4, 0.5) is 0 Å². The molecule has 0 unspecified atom stereocenters. The van der Waals surface area contributed by atoms with Gasteiger partial charge in [-0.2, -0.15) is 0 Å². The van der Waals surface area contributed by atoms with Crippen molar-refractivity contribution >= 4 is 34.4 Å². The quantitative estimate of drug-likeness (QED) is 0.337. The molecule has 0 N–H and O–H groups in total. The summed E-state index contributed by atoms with van der Waals surface area (Å²) in [6.45, 7) is 14.8. The lowest BCUT2D eigenvalue weighted by atomic mass is 10.2. The van der Waals surface area contributed by atoms with Gasteiger partial charge in [0.05, 0.1) is 0 Å². The normalized spacial score (nSPS) is 9.32. The topological polar surface area (TPSA) is 81.4 Å². The Bertz CT molecular complexity index is 1190. The summed E-state index contributed by atoms with van der Waals surface area (Å²) >= 11 is 0. The zero-order chi connectivity index (χ0) is 26.1.